The summed E-state index contributed by atoms with van der Waals surface area (Å²) < 4.78 is 48.6. The van der Waals surface area contributed by atoms with Gasteiger partial charge in [-0.1, -0.05) is 132 Å². The predicted molar refractivity (Wildman–Crippen MR) is 341 cm³/mol. The third-order valence-corrected chi connectivity index (χ3v) is 16.8. The van der Waals surface area contributed by atoms with Gasteiger partial charge in [0.25, 0.3) is 0 Å². The molecule has 7 aromatic rings. The monoisotopic (exact) mass is 1130 g/mol. The normalized spacial score (nSPS) is 13.6. The van der Waals surface area contributed by atoms with Crippen LogP contribution in [0.25, 0.3) is 22.3 Å². The topological polar surface area (TPSA) is 102 Å². The summed E-state index contributed by atoms with van der Waals surface area (Å²) in [6.45, 7) is 34.3. The van der Waals surface area contributed by atoms with Crippen molar-refractivity contribution in [3.63, 3.8) is 0 Å². The molecular weight excluding hydrogens is 1040 g/mol. The smallest absolute Gasteiger partial charge is 0.303 e. The molecule has 0 fully saturated rings. The number of hydrogen-bond donors (Lipinski definition) is 1. The largest absolute Gasteiger partial charge is 0.496 e. The van der Waals surface area contributed by atoms with Crippen molar-refractivity contribution >= 4 is 5.97 Å². The molecule has 0 unspecified atom stereocenters. The zero-order valence-electron chi connectivity index (χ0n) is 53.7. The van der Waals surface area contributed by atoms with Crippen LogP contribution in [-0.2, 0) is 71.8 Å². The van der Waals surface area contributed by atoms with Gasteiger partial charge in [0, 0.05) is 65.5 Å². The molecule has 9 nitrogen and oxygen atoms in total. The van der Waals surface area contributed by atoms with Gasteiger partial charge in [0.15, 0.2) is 0 Å². The minimum Gasteiger partial charge on any atom is -0.496 e. The second-order valence-electron chi connectivity index (χ2n) is 27.5. The van der Waals surface area contributed by atoms with E-state index in [0.717, 1.165) is 118 Å². The van der Waals surface area contributed by atoms with Gasteiger partial charge in [0.2, 0.25) is 0 Å². The first-order valence-electron chi connectivity index (χ1n) is 29.9. The zero-order valence-corrected chi connectivity index (χ0v) is 53.7. The fourth-order valence-corrected chi connectivity index (χ4v) is 12.4. The van der Waals surface area contributed by atoms with E-state index in [1.54, 1.807) is 28.4 Å². The Hall–Kier alpha value is -7.39. The summed E-state index contributed by atoms with van der Waals surface area (Å²) in [6.07, 6.45) is 2.30. The molecule has 7 aromatic carbocycles. The third-order valence-electron chi connectivity index (χ3n) is 16.8. The van der Waals surface area contributed by atoms with Crippen LogP contribution in [-0.4, -0.2) is 46.1 Å². The molecule has 16 bridgehead atoms. The summed E-state index contributed by atoms with van der Waals surface area (Å²) >= 11 is 0. The molecule has 0 radical (unpaired) electrons. The number of benzene rings is 7. The van der Waals surface area contributed by atoms with Crippen molar-refractivity contribution in [3.05, 3.63) is 180 Å². The fourth-order valence-electron chi connectivity index (χ4n) is 12.4. The summed E-state index contributed by atoms with van der Waals surface area (Å²) in [5.74, 6) is 4.28. The molecule has 1 N–H and O–H groups in total. The van der Waals surface area contributed by atoms with Gasteiger partial charge in [-0.2, -0.15) is 0 Å². The summed E-state index contributed by atoms with van der Waals surface area (Å²) in [5, 5.41) is 10.1. The highest BCUT2D eigenvalue weighted by Gasteiger charge is 2.31. The maximum atomic E-state index is 12.3. The van der Waals surface area contributed by atoms with E-state index in [2.05, 4.69) is 182 Å². The van der Waals surface area contributed by atoms with Crippen molar-refractivity contribution in [3.8, 4) is 62.5 Å². The van der Waals surface area contributed by atoms with Gasteiger partial charge in [0.1, 0.15) is 53.5 Å². The first-order chi connectivity index (χ1) is 39.5. The van der Waals surface area contributed by atoms with Gasteiger partial charge >= 0.3 is 5.97 Å². The molecule has 0 saturated carbocycles. The lowest BCUT2D eigenvalue weighted by Crippen LogP contribution is -2.17. The van der Waals surface area contributed by atoms with Crippen LogP contribution in [0.4, 0.5) is 0 Å². The van der Waals surface area contributed by atoms with E-state index in [4.69, 9.17) is 33.2 Å². The molecule has 10 rings (SSSR count). The molecule has 1 aliphatic carbocycles. The third kappa shape index (κ3) is 12.7. The van der Waals surface area contributed by atoms with Crippen LogP contribution in [0, 0.1) is 13.8 Å². The maximum absolute atomic E-state index is 12.3. The number of aliphatic carboxylic acids is 1. The highest BCUT2D eigenvalue weighted by Crippen LogP contribution is 2.50. The van der Waals surface area contributed by atoms with Crippen LogP contribution in [0.1, 0.15) is 191 Å². The Morgan fingerprint density at radius 2 is 0.714 bits per heavy atom. The summed E-state index contributed by atoms with van der Waals surface area (Å²) in [4.78, 5) is 12.3. The Kier molecular flexibility index (Phi) is 17.2. The molecule has 0 saturated heterocycles. The number of fused-ring (bicyclic) bond motifs is 2. The summed E-state index contributed by atoms with van der Waals surface area (Å²) in [7, 11) is 7.02. The number of hydrogen-bond acceptors (Lipinski definition) is 8. The van der Waals surface area contributed by atoms with Crippen LogP contribution in [0.3, 0.4) is 0 Å². The van der Waals surface area contributed by atoms with Crippen LogP contribution in [0.5, 0.6) is 40.2 Å². The maximum Gasteiger partial charge on any atom is 0.303 e. The van der Waals surface area contributed by atoms with Crippen molar-refractivity contribution in [1.29, 1.82) is 0 Å². The second-order valence-corrected chi connectivity index (χ2v) is 27.5. The highest BCUT2D eigenvalue weighted by molar-refractivity contribution is 5.89. The Balaban J connectivity index is 1.49. The van der Waals surface area contributed by atoms with Gasteiger partial charge in [-0.05, 0) is 169 Å². The lowest BCUT2D eigenvalue weighted by molar-refractivity contribution is -0.136. The molecule has 2 heterocycles. The van der Waals surface area contributed by atoms with E-state index in [1.165, 1.54) is 22.3 Å². The SMILES string of the molecule is CCOc1c2cc(CCC(=O)O)cc1-c1cc(C)cc(c1OC)COc1c3cc(C(C)(C)C)cc1Cc1cc(C(C)(C)C)cc(c1OC)Cc1cc(C(C)(C)C)cc(c1OCc1cc(C)cc-2c1OC)Cc1cc(C(C)(C)C)cc(c1OC)C3. The minimum atomic E-state index is -0.879. The number of carboxylic acids is 1. The average molecular weight is 1140 g/mol. The standard InChI is InChI=1S/C75H90O9/c1-20-82-71-62-27-45(21-22-64(76)77)28-63(71)61-26-44(3)24-55(70(61)81-19)42-84-68-52-31-48-35-56(72(4,5)6)33-46(65(48)78-16)29-50-37-58(74(10,11)12)38-51(67(50)83-41-54-23-43(2)25-60(62)69(54)80-18)30-47-34-57(73(7,8)9)36-49(66(47)79-17)32-53(68)40-59(39-52)75(13,14)15/h23-28,33-40H,20-22,29-32,41-42H2,1-19H3,(H,76,77). The molecule has 0 aromatic heterocycles. The fraction of sp³-hybridized carbons (Fsp3) is 0.427. The molecule has 0 atom stereocenters. The lowest BCUT2D eigenvalue weighted by Gasteiger charge is -2.29. The van der Waals surface area contributed by atoms with Crippen molar-refractivity contribution < 1.29 is 43.1 Å². The molecule has 444 valence electrons. The van der Waals surface area contributed by atoms with E-state index >= 15 is 0 Å². The van der Waals surface area contributed by atoms with E-state index in [0.29, 0.717) is 49.5 Å². The van der Waals surface area contributed by atoms with Crippen LogP contribution < -0.4 is 33.2 Å². The Morgan fingerprint density at radius 1 is 0.417 bits per heavy atom. The van der Waals surface area contributed by atoms with Gasteiger partial charge in [-0.15, -0.1) is 0 Å². The lowest BCUT2D eigenvalue weighted by atomic mass is 9.79. The minimum absolute atomic E-state index is 0.0573. The number of methoxy groups -OCH3 is 4. The molecule has 9 heteroatoms. The van der Waals surface area contributed by atoms with Crippen molar-refractivity contribution in [2.75, 3.05) is 35.0 Å². The van der Waals surface area contributed by atoms with Crippen LogP contribution in [0.2, 0.25) is 0 Å². The Bertz CT molecular complexity index is 3340. The Labute approximate surface area is 501 Å². The van der Waals surface area contributed by atoms with Crippen molar-refractivity contribution in [2.24, 2.45) is 0 Å². The van der Waals surface area contributed by atoms with Gasteiger partial charge in [0.05, 0.1) is 35.0 Å². The van der Waals surface area contributed by atoms with E-state index < -0.39 is 5.97 Å². The summed E-state index contributed by atoms with van der Waals surface area (Å²) in [6, 6.07) is 31.5. The van der Waals surface area contributed by atoms with Gasteiger partial charge in [-0.25, -0.2) is 0 Å². The number of carboxylic acid groups (broad SMARTS) is 1. The van der Waals surface area contributed by atoms with E-state index in [1.807, 2.05) is 6.92 Å². The zero-order chi connectivity index (χ0) is 61.0. The molecule has 0 amide bonds. The predicted octanol–water partition coefficient (Wildman–Crippen LogP) is 17.4. The van der Waals surface area contributed by atoms with Gasteiger partial charge < -0.3 is 38.3 Å². The number of aryl methyl sites for hydroxylation is 3. The molecule has 3 aliphatic rings. The van der Waals surface area contributed by atoms with Gasteiger partial charge in [-0.3, -0.25) is 4.79 Å². The second kappa shape index (κ2) is 23.6. The van der Waals surface area contributed by atoms with E-state index in [-0.39, 0.29) is 47.7 Å². The first-order valence-corrected chi connectivity index (χ1v) is 29.9. The highest BCUT2D eigenvalue weighted by atomic mass is 16.5. The summed E-state index contributed by atoms with van der Waals surface area (Å²) in [5.41, 5.74) is 20.0. The number of carbonyl (C=O) groups is 1. The first kappa shape index (κ1) is 61.2. The van der Waals surface area contributed by atoms with Crippen LogP contribution in [0.15, 0.2) is 84.9 Å². The molecule has 0 spiro atoms. The van der Waals surface area contributed by atoms with Crippen molar-refractivity contribution in [1.82, 2.24) is 0 Å². The Morgan fingerprint density at radius 3 is 0.988 bits per heavy atom. The van der Waals surface area contributed by atoms with Crippen molar-refractivity contribution in [2.45, 2.75) is 177 Å². The number of ether oxygens (including phenoxy) is 7. The molecule has 84 heavy (non-hydrogen) atoms. The number of rotatable bonds is 9. The van der Waals surface area contributed by atoms with Crippen LogP contribution >= 0.6 is 0 Å². The average Bonchev–Trinajstić information content (AvgIpc) is 1.73. The molecular formula is C75H90O9. The van der Waals surface area contributed by atoms with E-state index in [9.17, 15) is 9.90 Å². The molecule has 2 aliphatic heterocycles. The quantitative estimate of drug-likeness (QED) is 0.151.